The van der Waals surface area contributed by atoms with Crippen LogP contribution in [0, 0.1) is 0 Å². The van der Waals surface area contributed by atoms with Crippen molar-refractivity contribution in [1.82, 2.24) is 0 Å². The Kier molecular flexibility index (Phi) is 4.64. The average Bonchev–Trinajstić information content (AvgIpc) is 1.98. The smallest absolute Gasteiger partial charge is 0.324 e. The zero-order valence-electron chi connectivity index (χ0n) is 6.87. The van der Waals surface area contributed by atoms with Gasteiger partial charge in [0.2, 0.25) is 0 Å². The lowest BCUT2D eigenvalue weighted by molar-refractivity contribution is -0.283. The van der Waals surface area contributed by atoms with Crippen molar-refractivity contribution >= 4 is 22.6 Å². The third-order valence-corrected chi connectivity index (χ3v) is 2.16. The van der Waals surface area contributed by atoms with Crippen LogP contribution in [-0.2, 0) is 4.74 Å². The van der Waals surface area contributed by atoms with Crippen molar-refractivity contribution < 1.29 is 22.3 Å². The van der Waals surface area contributed by atoms with Crippen LogP contribution < -0.4 is 0 Å². The lowest BCUT2D eigenvalue weighted by Crippen LogP contribution is -2.39. The maximum Gasteiger partial charge on any atom is 0.458 e. The van der Waals surface area contributed by atoms with Gasteiger partial charge in [-0.15, -0.1) is 6.58 Å². The molecule has 0 aromatic heterocycles. The summed E-state index contributed by atoms with van der Waals surface area (Å²) in [6.07, 6.45) is -4.57. The molecule has 0 amide bonds. The molecule has 0 aliphatic carbocycles. The van der Waals surface area contributed by atoms with E-state index in [0.29, 0.717) is 22.6 Å². The Labute approximate surface area is 87.3 Å². The normalized spacial score (nSPS) is 19.2. The van der Waals surface area contributed by atoms with Crippen molar-refractivity contribution in [1.29, 1.82) is 0 Å². The molecule has 0 radical (unpaired) electrons. The monoisotopic (exact) mass is 312 g/mol. The van der Waals surface area contributed by atoms with E-state index in [0.717, 1.165) is 6.08 Å². The van der Waals surface area contributed by atoms with E-state index >= 15 is 0 Å². The van der Waals surface area contributed by atoms with Gasteiger partial charge >= 0.3 is 10.0 Å². The van der Waals surface area contributed by atoms with E-state index < -0.39 is 16.1 Å². The summed E-state index contributed by atoms with van der Waals surface area (Å²) in [6.45, 7) is 4.81. The van der Waals surface area contributed by atoms with Crippen molar-refractivity contribution in [3.63, 3.8) is 0 Å². The van der Waals surface area contributed by atoms with Crippen molar-refractivity contribution in [2.24, 2.45) is 0 Å². The van der Waals surface area contributed by atoms with Crippen molar-refractivity contribution in [2.75, 3.05) is 0 Å². The van der Waals surface area contributed by atoms with E-state index in [9.17, 15) is 17.6 Å². The second-order valence-electron chi connectivity index (χ2n) is 2.31. The molecule has 6 heteroatoms. The average molecular weight is 312 g/mol. The Morgan fingerprint density at radius 1 is 1.46 bits per heavy atom. The summed E-state index contributed by atoms with van der Waals surface area (Å²) in [4.78, 5) is 0. The van der Waals surface area contributed by atoms with Crippen LogP contribution in [0.4, 0.5) is 17.6 Å². The van der Waals surface area contributed by atoms with Gasteiger partial charge in [0.25, 0.3) is 0 Å². The molecular weight excluding hydrogens is 303 g/mol. The number of rotatable bonds is 4. The summed E-state index contributed by atoms with van der Waals surface area (Å²) in [7, 11) is 0. The summed E-state index contributed by atoms with van der Waals surface area (Å²) in [6, 6.07) is 0. The van der Waals surface area contributed by atoms with E-state index in [4.69, 9.17) is 0 Å². The standard InChI is InChI=1S/C7H9F4IO/c1-3-5(4-2)13-7(11,12)6(8,9)10/h3,5H,1,4H2,2H3. The van der Waals surface area contributed by atoms with Crippen molar-refractivity contribution in [2.45, 2.75) is 29.5 Å². The molecule has 0 fully saturated rings. The highest BCUT2D eigenvalue weighted by molar-refractivity contribution is 14.1. The first-order valence-electron chi connectivity index (χ1n) is 3.49. The summed E-state index contributed by atoms with van der Waals surface area (Å²) in [5.74, 6) is 0. The molecule has 0 saturated carbocycles. The third-order valence-electron chi connectivity index (χ3n) is 1.29. The van der Waals surface area contributed by atoms with Crippen LogP contribution in [0.3, 0.4) is 0 Å². The van der Waals surface area contributed by atoms with Gasteiger partial charge in [0.15, 0.2) is 0 Å². The molecule has 0 bridgehead atoms. The number of ether oxygens (including phenoxy) is 1. The lowest BCUT2D eigenvalue weighted by Gasteiger charge is -2.25. The van der Waals surface area contributed by atoms with Crippen LogP contribution in [0.25, 0.3) is 0 Å². The first-order valence-corrected chi connectivity index (χ1v) is 4.57. The number of halogens is 5. The second-order valence-corrected chi connectivity index (χ2v) is 3.70. The van der Waals surface area contributed by atoms with Gasteiger partial charge in [0.05, 0.1) is 6.10 Å². The molecule has 2 atom stereocenters. The van der Waals surface area contributed by atoms with E-state index in [2.05, 4.69) is 11.3 Å². The molecule has 0 spiro atoms. The predicted molar refractivity (Wildman–Crippen MR) is 49.3 cm³/mol. The number of hydrogen-bond donors (Lipinski definition) is 0. The van der Waals surface area contributed by atoms with Crippen LogP contribution >= 0.6 is 22.6 Å². The maximum absolute atomic E-state index is 12.8. The summed E-state index contributed by atoms with van der Waals surface area (Å²) in [5.41, 5.74) is 0. The number of alkyl halides is 5. The molecule has 2 unspecified atom stereocenters. The molecule has 78 valence electrons. The fourth-order valence-corrected chi connectivity index (χ4v) is 0.882. The highest BCUT2D eigenvalue weighted by atomic mass is 127. The topological polar surface area (TPSA) is 9.23 Å². The summed E-state index contributed by atoms with van der Waals surface area (Å²) in [5, 5.41) is 0. The highest BCUT2D eigenvalue weighted by Crippen LogP contribution is 2.41. The van der Waals surface area contributed by atoms with Crippen LogP contribution in [-0.4, -0.2) is 16.1 Å². The predicted octanol–water partition coefficient (Wildman–Crippen LogP) is 3.59. The molecule has 0 aromatic carbocycles. The van der Waals surface area contributed by atoms with Crippen molar-refractivity contribution in [3.05, 3.63) is 12.7 Å². The zero-order chi connectivity index (χ0) is 10.7. The molecule has 0 aliphatic rings. The fraction of sp³-hybridized carbons (Fsp3) is 0.714. The minimum absolute atomic E-state index is 0.244. The minimum atomic E-state index is -5.02. The summed E-state index contributed by atoms with van der Waals surface area (Å²) >= 11 is 0.583. The SMILES string of the molecule is C=CC(CC)OC(F)(I)C(F)(F)F. The van der Waals surface area contributed by atoms with Gasteiger partial charge in [-0.2, -0.15) is 17.6 Å². The molecule has 0 aliphatic heterocycles. The van der Waals surface area contributed by atoms with Crippen LogP contribution in [0.15, 0.2) is 12.7 Å². The Balaban J connectivity index is 4.40. The Bertz CT molecular complexity index is 178. The molecule has 13 heavy (non-hydrogen) atoms. The minimum Gasteiger partial charge on any atom is -0.324 e. The summed E-state index contributed by atoms with van der Waals surface area (Å²) < 4.78 is 49.1. The van der Waals surface area contributed by atoms with Crippen molar-refractivity contribution in [3.8, 4) is 0 Å². The third kappa shape index (κ3) is 3.80. The van der Waals surface area contributed by atoms with Crippen LogP contribution in [0.1, 0.15) is 13.3 Å². The van der Waals surface area contributed by atoms with Gasteiger partial charge in [-0.25, -0.2) is 0 Å². The van der Waals surface area contributed by atoms with Gasteiger partial charge in [-0.3, -0.25) is 0 Å². The van der Waals surface area contributed by atoms with Gasteiger partial charge in [0.1, 0.15) is 0 Å². The first kappa shape index (κ1) is 13.2. The largest absolute Gasteiger partial charge is 0.458 e. The van der Waals surface area contributed by atoms with Gasteiger partial charge < -0.3 is 4.74 Å². The van der Waals surface area contributed by atoms with E-state index in [-0.39, 0.29) is 6.42 Å². The Morgan fingerprint density at radius 3 is 2.15 bits per heavy atom. The lowest BCUT2D eigenvalue weighted by atomic mass is 10.3. The molecule has 0 heterocycles. The quantitative estimate of drug-likeness (QED) is 0.334. The highest BCUT2D eigenvalue weighted by Gasteiger charge is 2.56. The van der Waals surface area contributed by atoms with Gasteiger partial charge in [-0.05, 0) is 6.42 Å². The van der Waals surface area contributed by atoms with Crippen LogP contribution in [0.5, 0.6) is 0 Å². The molecule has 0 N–H and O–H groups in total. The fourth-order valence-electron chi connectivity index (χ4n) is 0.555. The molecule has 1 nitrogen and oxygen atoms in total. The molecular formula is C7H9F4IO. The van der Waals surface area contributed by atoms with E-state index in [1.54, 1.807) is 6.92 Å². The van der Waals surface area contributed by atoms with Gasteiger partial charge in [0, 0.05) is 22.6 Å². The molecule has 0 saturated heterocycles. The second kappa shape index (κ2) is 4.59. The molecule has 0 aromatic rings. The number of hydrogen-bond acceptors (Lipinski definition) is 1. The van der Waals surface area contributed by atoms with E-state index in [1.807, 2.05) is 0 Å². The zero-order valence-corrected chi connectivity index (χ0v) is 9.02. The van der Waals surface area contributed by atoms with E-state index in [1.165, 1.54) is 0 Å². The Morgan fingerprint density at radius 2 is 1.92 bits per heavy atom. The van der Waals surface area contributed by atoms with Crippen LogP contribution in [0.2, 0.25) is 0 Å². The Hall–Kier alpha value is 0.150. The first-order chi connectivity index (χ1) is 5.74. The maximum atomic E-state index is 12.8. The van der Waals surface area contributed by atoms with Gasteiger partial charge in [-0.1, -0.05) is 13.0 Å². The molecule has 0 rings (SSSR count).